The molecule has 6 nitrogen and oxygen atoms in total. The number of ether oxygens (including phenoxy) is 2. The fourth-order valence-electron chi connectivity index (χ4n) is 2.41. The number of esters is 1. The Balaban J connectivity index is 1.91. The highest BCUT2D eigenvalue weighted by atomic mass is 79.9. The van der Waals surface area contributed by atoms with Crippen molar-refractivity contribution in [3.05, 3.63) is 62.4 Å². The highest BCUT2D eigenvalue weighted by molar-refractivity contribution is 9.10. The van der Waals surface area contributed by atoms with E-state index in [4.69, 9.17) is 16.3 Å². The van der Waals surface area contributed by atoms with E-state index in [9.17, 15) is 14.4 Å². The fraction of sp³-hybridized carbons (Fsp3) is 0.105. The van der Waals surface area contributed by atoms with Gasteiger partial charge < -0.3 is 9.47 Å². The second kappa shape index (κ2) is 8.81. The molecule has 0 bridgehead atoms. The third-order valence-corrected chi connectivity index (χ3v) is 5.29. The molecule has 0 radical (unpaired) electrons. The van der Waals surface area contributed by atoms with Crippen LogP contribution in [-0.4, -0.2) is 30.8 Å². The largest absolute Gasteiger partial charge is 0.481 e. The third-order valence-electron chi connectivity index (χ3n) is 3.69. The number of nitrogens with zero attached hydrogens (tertiary/aromatic N) is 1. The molecule has 3 rings (SSSR count). The van der Waals surface area contributed by atoms with Gasteiger partial charge in [0, 0.05) is 15.1 Å². The van der Waals surface area contributed by atoms with Crippen LogP contribution in [0, 0.1) is 0 Å². The Bertz CT molecular complexity index is 994. The molecule has 2 amide bonds. The Hall–Kier alpha value is -2.29. The van der Waals surface area contributed by atoms with Crippen molar-refractivity contribution in [1.29, 1.82) is 0 Å². The number of thioether (sulfide) groups is 1. The SMILES string of the molecule is COC(=O)COc1ccc(Br)cc1/C=C1/SC(=O)N(c2cccc(Cl)c2)C1=O. The maximum absolute atomic E-state index is 12.8. The molecular weight excluding hydrogens is 470 g/mol. The van der Waals surface area contributed by atoms with Crippen LogP contribution in [0.15, 0.2) is 51.8 Å². The minimum absolute atomic E-state index is 0.228. The Morgan fingerprint density at radius 1 is 1.25 bits per heavy atom. The lowest BCUT2D eigenvalue weighted by atomic mass is 10.2. The second-order valence-corrected chi connectivity index (χ2v) is 7.89. The van der Waals surface area contributed by atoms with Gasteiger partial charge in [-0.1, -0.05) is 33.6 Å². The first kappa shape index (κ1) is 20.4. The third kappa shape index (κ3) is 4.57. The quantitative estimate of drug-likeness (QED) is 0.446. The van der Waals surface area contributed by atoms with Crippen LogP contribution in [0.3, 0.4) is 0 Å². The van der Waals surface area contributed by atoms with Gasteiger partial charge in [-0.05, 0) is 54.2 Å². The Morgan fingerprint density at radius 2 is 2.04 bits per heavy atom. The van der Waals surface area contributed by atoms with Crippen molar-refractivity contribution in [1.82, 2.24) is 0 Å². The predicted octanol–water partition coefficient (Wildman–Crippen LogP) is 4.90. The van der Waals surface area contributed by atoms with Crippen LogP contribution in [0.25, 0.3) is 6.08 Å². The van der Waals surface area contributed by atoms with Gasteiger partial charge >= 0.3 is 5.97 Å². The molecule has 0 aliphatic carbocycles. The van der Waals surface area contributed by atoms with Gasteiger partial charge in [-0.15, -0.1) is 0 Å². The van der Waals surface area contributed by atoms with E-state index in [0.717, 1.165) is 21.1 Å². The van der Waals surface area contributed by atoms with Gasteiger partial charge in [0.2, 0.25) is 0 Å². The summed E-state index contributed by atoms with van der Waals surface area (Å²) in [7, 11) is 1.26. The zero-order chi connectivity index (χ0) is 20.3. The van der Waals surface area contributed by atoms with Crippen LogP contribution in [0.2, 0.25) is 5.02 Å². The van der Waals surface area contributed by atoms with Gasteiger partial charge in [-0.2, -0.15) is 0 Å². The van der Waals surface area contributed by atoms with E-state index in [0.29, 0.717) is 22.0 Å². The van der Waals surface area contributed by atoms with E-state index in [1.165, 1.54) is 7.11 Å². The summed E-state index contributed by atoms with van der Waals surface area (Å²) in [5, 5.41) is -0.00319. The van der Waals surface area contributed by atoms with E-state index >= 15 is 0 Å². The van der Waals surface area contributed by atoms with E-state index in [1.54, 1.807) is 48.5 Å². The van der Waals surface area contributed by atoms with Gasteiger partial charge in [0.15, 0.2) is 6.61 Å². The molecule has 0 aromatic heterocycles. The van der Waals surface area contributed by atoms with Crippen molar-refractivity contribution in [3.63, 3.8) is 0 Å². The van der Waals surface area contributed by atoms with E-state index in [-0.39, 0.29) is 11.5 Å². The molecule has 2 aromatic rings. The number of carbonyl (C=O) groups excluding carboxylic acids is 3. The van der Waals surface area contributed by atoms with Gasteiger partial charge in [0.05, 0.1) is 17.7 Å². The van der Waals surface area contributed by atoms with Crippen LogP contribution in [-0.2, 0) is 14.3 Å². The molecule has 1 aliphatic rings. The Kier molecular flexibility index (Phi) is 6.43. The molecule has 2 aromatic carbocycles. The molecule has 1 fully saturated rings. The highest BCUT2D eigenvalue weighted by Gasteiger charge is 2.36. The average molecular weight is 483 g/mol. The second-order valence-electron chi connectivity index (χ2n) is 5.54. The number of rotatable bonds is 5. The molecule has 9 heteroatoms. The average Bonchev–Trinajstić information content (AvgIpc) is 2.94. The number of hydrogen-bond donors (Lipinski definition) is 0. The molecule has 144 valence electrons. The van der Waals surface area contributed by atoms with Gasteiger partial charge in [-0.25, -0.2) is 9.69 Å². The van der Waals surface area contributed by atoms with Gasteiger partial charge in [0.25, 0.3) is 11.1 Å². The standard InChI is InChI=1S/C19H13BrClNO5S/c1-26-17(23)10-27-15-6-5-12(20)7-11(15)8-16-18(24)22(19(25)28-16)14-4-2-3-13(21)9-14/h2-9H,10H2,1H3/b16-8+. The summed E-state index contributed by atoms with van der Waals surface area (Å²) in [4.78, 5) is 37.8. The molecule has 0 atom stereocenters. The van der Waals surface area contributed by atoms with Crippen LogP contribution in [0.4, 0.5) is 10.5 Å². The molecule has 0 saturated carbocycles. The predicted molar refractivity (Wildman–Crippen MR) is 112 cm³/mol. The lowest BCUT2D eigenvalue weighted by molar-refractivity contribution is -0.142. The smallest absolute Gasteiger partial charge is 0.343 e. The molecule has 1 heterocycles. The Morgan fingerprint density at radius 3 is 2.75 bits per heavy atom. The Labute approximate surface area is 178 Å². The maximum atomic E-state index is 12.8. The number of amides is 2. The first-order chi connectivity index (χ1) is 13.4. The minimum atomic E-state index is -0.532. The van der Waals surface area contributed by atoms with Crippen LogP contribution >= 0.6 is 39.3 Å². The first-order valence-electron chi connectivity index (χ1n) is 7.91. The van der Waals surface area contributed by atoms with E-state index in [2.05, 4.69) is 20.7 Å². The number of halogens is 2. The van der Waals surface area contributed by atoms with Crippen molar-refractivity contribution in [2.45, 2.75) is 0 Å². The number of anilines is 1. The fourth-order valence-corrected chi connectivity index (χ4v) is 3.80. The molecule has 0 N–H and O–H groups in total. The van der Waals surface area contributed by atoms with Crippen molar-refractivity contribution in [2.24, 2.45) is 0 Å². The molecule has 1 saturated heterocycles. The summed E-state index contributed by atoms with van der Waals surface area (Å²) >= 11 is 10.1. The number of imide groups is 1. The number of methoxy groups -OCH3 is 1. The maximum Gasteiger partial charge on any atom is 0.343 e. The highest BCUT2D eigenvalue weighted by Crippen LogP contribution is 2.38. The summed E-state index contributed by atoms with van der Waals surface area (Å²) in [6.07, 6.45) is 1.55. The minimum Gasteiger partial charge on any atom is -0.481 e. The number of hydrogen-bond acceptors (Lipinski definition) is 6. The monoisotopic (exact) mass is 481 g/mol. The summed E-state index contributed by atoms with van der Waals surface area (Å²) < 4.78 is 10.8. The van der Waals surface area contributed by atoms with Crippen molar-refractivity contribution in [3.8, 4) is 5.75 Å². The summed E-state index contributed by atoms with van der Waals surface area (Å²) in [5.41, 5.74) is 0.935. The van der Waals surface area contributed by atoms with E-state index in [1.807, 2.05) is 0 Å². The summed E-state index contributed by atoms with van der Waals surface area (Å²) in [6.45, 7) is -0.275. The van der Waals surface area contributed by atoms with Crippen LogP contribution < -0.4 is 9.64 Å². The van der Waals surface area contributed by atoms with Crippen LogP contribution in [0.1, 0.15) is 5.56 Å². The zero-order valence-corrected chi connectivity index (χ0v) is 17.6. The molecule has 0 spiro atoms. The van der Waals surface area contributed by atoms with Crippen molar-refractivity contribution >= 4 is 68.2 Å². The normalized spacial score (nSPS) is 15.2. The summed E-state index contributed by atoms with van der Waals surface area (Å²) in [5.74, 6) is -0.616. The molecule has 1 aliphatic heterocycles. The lowest BCUT2D eigenvalue weighted by Crippen LogP contribution is -2.27. The summed E-state index contributed by atoms with van der Waals surface area (Å²) in [6, 6.07) is 11.6. The molecule has 28 heavy (non-hydrogen) atoms. The van der Waals surface area contributed by atoms with Crippen LogP contribution in [0.5, 0.6) is 5.75 Å². The van der Waals surface area contributed by atoms with Crippen molar-refractivity contribution < 1.29 is 23.9 Å². The first-order valence-corrected chi connectivity index (χ1v) is 9.90. The number of benzene rings is 2. The number of carbonyl (C=O) groups is 3. The lowest BCUT2D eigenvalue weighted by Gasteiger charge is -2.12. The van der Waals surface area contributed by atoms with Gasteiger partial charge in [0.1, 0.15) is 5.75 Å². The zero-order valence-electron chi connectivity index (χ0n) is 14.5. The van der Waals surface area contributed by atoms with Crippen molar-refractivity contribution in [2.75, 3.05) is 18.6 Å². The molecular formula is C19H13BrClNO5S. The topological polar surface area (TPSA) is 72.9 Å². The molecule has 0 unspecified atom stereocenters. The van der Waals surface area contributed by atoms with E-state index < -0.39 is 17.1 Å². The van der Waals surface area contributed by atoms with Gasteiger partial charge in [-0.3, -0.25) is 9.59 Å².